The van der Waals surface area contributed by atoms with Crippen LogP contribution in [0.3, 0.4) is 0 Å². The van der Waals surface area contributed by atoms with Gasteiger partial charge in [0.25, 0.3) is 0 Å². The van der Waals surface area contributed by atoms with Crippen molar-refractivity contribution in [1.29, 1.82) is 0 Å². The normalized spacial score (nSPS) is 10.8. The maximum atomic E-state index is 5.70. The van der Waals surface area contributed by atoms with Crippen LogP contribution >= 0.6 is 11.6 Å². The van der Waals surface area contributed by atoms with Crippen molar-refractivity contribution < 1.29 is 0 Å². The first-order valence-electron chi connectivity index (χ1n) is 4.57. The van der Waals surface area contributed by atoms with E-state index >= 15 is 0 Å². The van der Waals surface area contributed by atoms with Gasteiger partial charge in [0.15, 0.2) is 5.82 Å². The zero-order chi connectivity index (χ0) is 10.7. The van der Waals surface area contributed by atoms with E-state index in [2.05, 4.69) is 20.3 Å². The first-order valence-corrected chi connectivity index (χ1v) is 5.10. The summed E-state index contributed by atoms with van der Waals surface area (Å²) in [4.78, 5) is 4.14. The second kappa shape index (κ2) is 4.39. The smallest absolute Gasteiger partial charge is 0.152 e. The fraction of sp³-hybridized carbons (Fsp3) is 0.500. The lowest BCUT2D eigenvalue weighted by atomic mass is 10.4. The van der Waals surface area contributed by atoms with E-state index < -0.39 is 0 Å². The second-order valence-corrected chi connectivity index (χ2v) is 3.43. The topological polar surface area (TPSA) is 61.4 Å². The molecule has 0 aromatic carbocycles. The molecular formula is C8H11ClN6. The average Bonchev–Trinajstić information content (AvgIpc) is 2.83. The molecule has 0 unspecified atom stereocenters. The van der Waals surface area contributed by atoms with Crippen molar-refractivity contribution in [3.8, 4) is 0 Å². The zero-order valence-corrected chi connectivity index (χ0v) is 9.09. The molecule has 0 aliphatic carbocycles. The van der Waals surface area contributed by atoms with E-state index in [0.29, 0.717) is 5.88 Å². The Bertz CT molecular complexity index is 434. The number of aromatic nitrogens is 6. The molecule has 0 aliphatic rings. The van der Waals surface area contributed by atoms with Gasteiger partial charge >= 0.3 is 0 Å². The van der Waals surface area contributed by atoms with Crippen molar-refractivity contribution in [2.45, 2.75) is 18.8 Å². The Hall–Kier alpha value is -1.43. The lowest BCUT2D eigenvalue weighted by molar-refractivity contribution is 0.639. The van der Waals surface area contributed by atoms with Gasteiger partial charge in [-0.3, -0.25) is 4.68 Å². The zero-order valence-electron chi connectivity index (χ0n) is 8.34. The predicted molar refractivity (Wildman–Crippen MR) is 54.3 cm³/mol. The molecule has 0 bridgehead atoms. The second-order valence-electron chi connectivity index (χ2n) is 3.16. The highest BCUT2D eigenvalue weighted by molar-refractivity contribution is 6.16. The van der Waals surface area contributed by atoms with Gasteiger partial charge in [0, 0.05) is 20.0 Å². The fourth-order valence-electron chi connectivity index (χ4n) is 1.29. The lowest BCUT2D eigenvalue weighted by Crippen LogP contribution is -2.05. The molecule has 15 heavy (non-hydrogen) atoms. The fourth-order valence-corrected chi connectivity index (χ4v) is 1.50. The third-order valence-corrected chi connectivity index (χ3v) is 2.28. The van der Waals surface area contributed by atoms with E-state index in [1.54, 1.807) is 17.3 Å². The molecule has 80 valence electrons. The largest absolute Gasteiger partial charge is 0.316 e. The minimum absolute atomic E-state index is 0.371. The molecule has 0 saturated heterocycles. The van der Waals surface area contributed by atoms with Crippen LogP contribution in [-0.4, -0.2) is 29.5 Å². The van der Waals surface area contributed by atoms with Crippen molar-refractivity contribution in [3.05, 3.63) is 24.3 Å². The Morgan fingerprint density at radius 1 is 1.40 bits per heavy atom. The number of aryl methyl sites for hydroxylation is 3. The SMILES string of the molecule is Cn1cnc(CCn2cnnc2CCl)n1. The van der Waals surface area contributed by atoms with Crippen LogP contribution in [0.5, 0.6) is 0 Å². The third kappa shape index (κ3) is 2.33. The van der Waals surface area contributed by atoms with Gasteiger partial charge in [-0.1, -0.05) is 0 Å². The number of rotatable bonds is 4. The van der Waals surface area contributed by atoms with E-state index in [4.69, 9.17) is 11.6 Å². The molecular weight excluding hydrogens is 216 g/mol. The van der Waals surface area contributed by atoms with E-state index in [9.17, 15) is 0 Å². The molecule has 0 amide bonds. The predicted octanol–water partition coefficient (Wildman–Crippen LogP) is 0.388. The maximum absolute atomic E-state index is 5.70. The first kappa shape index (κ1) is 10.1. The maximum Gasteiger partial charge on any atom is 0.152 e. The molecule has 0 aliphatic heterocycles. The van der Waals surface area contributed by atoms with Gasteiger partial charge in [0.1, 0.15) is 18.5 Å². The van der Waals surface area contributed by atoms with Crippen LogP contribution in [-0.2, 0) is 25.9 Å². The molecule has 0 N–H and O–H groups in total. The standard InChI is InChI=1S/C8H11ClN6/c1-14-5-10-7(13-14)2-3-15-6-11-12-8(15)4-9/h5-6H,2-4H2,1H3. The Morgan fingerprint density at radius 2 is 2.27 bits per heavy atom. The summed E-state index contributed by atoms with van der Waals surface area (Å²) in [7, 11) is 1.85. The summed E-state index contributed by atoms with van der Waals surface area (Å²) in [6.07, 6.45) is 4.10. The van der Waals surface area contributed by atoms with Crippen LogP contribution in [0.25, 0.3) is 0 Å². The Balaban J connectivity index is 1.98. The van der Waals surface area contributed by atoms with Crippen molar-refractivity contribution in [2.24, 2.45) is 7.05 Å². The highest BCUT2D eigenvalue weighted by atomic mass is 35.5. The van der Waals surface area contributed by atoms with Crippen molar-refractivity contribution in [3.63, 3.8) is 0 Å². The number of hydrogen-bond acceptors (Lipinski definition) is 4. The minimum atomic E-state index is 0.371. The number of halogens is 1. The van der Waals surface area contributed by atoms with Crippen molar-refractivity contribution in [1.82, 2.24) is 29.5 Å². The van der Waals surface area contributed by atoms with E-state index in [0.717, 1.165) is 24.6 Å². The van der Waals surface area contributed by atoms with Crippen molar-refractivity contribution >= 4 is 11.6 Å². The van der Waals surface area contributed by atoms with Gasteiger partial charge < -0.3 is 4.57 Å². The van der Waals surface area contributed by atoms with Gasteiger partial charge in [-0.15, -0.1) is 21.8 Å². The summed E-state index contributed by atoms with van der Waals surface area (Å²) in [5.41, 5.74) is 0. The molecule has 0 saturated carbocycles. The lowest BCUT2D eigenvalue weighted by Gasteiger charge is -2.01. The monoisotopic (exact) mass is 226 g/mol. The number of nitrogens with zero attached hydrogens (tertiary/aromatic N) is 6. The summed E-state index contributed by atoms with van der Waals surface area (Å²) in [5, 5.41) is 11.9. The van der Waals surface area contributed by atoms with Crippen LogP contribution < -0.4 is 0 Å². The molecule has 2 rings (SSSR count). The highest BCUT2D eigenvalue weighted by Gasteiger charge is 2.04. The molecule has 2 aromatic heterocycles. The molecule has 2 heterocycles. The van der Waals surface area contributed by atoms with Crippen LogP contribution in [0.15, 0.2) is 12.7 Å². The van der Waals surface area contributed by atoms with Crippen molar-refractivity contribution in [2.75, 3.05) is 0 Å². The van der Waals surface area contributed by atoms with E-state index in [1.165, 1.54) is 0 Å². The molecule has 0 fully saturated rings. The molecule has 2 aromatic rings. The first-order chi connectivity index (χ1) is 7.29. The van der Waals surface area contributed by atoms with E-state index in [-0.39, 0.29) is 0 Å². The van der Waals surface area contributed by atoms with Gasteiger partial charge in [0.05, 0.1) is 5.88 Å². The van der Waals surface area contributed by atoms with Gasteiger partial charge in [-0.2, -0.15) is 5.10 Å². The Morgan fingerprint density at radius 3 is 2.93 bits per heavy atom. The molecule has 0 spiro atoms. The highest BCUT2D eigenvalue weighted by Crippen LogP contribution is 2.01. The third-order valence-electron chi connectivity index (χ3n) is 2.04. The summed E-state index contributed by atoms with van der Waals surface area (Å²) in [6.45, 7) is 0.749. The average molecular weight is 227 g/mol. The van der Waals surface area contributed by atoms with Gasteiger partial charge in [-0.25, -0.2) is 4.98 Å². The summed E-state index contributed by atoms with van der Waals surface area (Å²) in [5.74, 6) is 1.95. The minimum Gasteiger partial charge on any atom is -0.316 e. The van der Waals surface area contributed by atoms with E-state index in [1.807, 2.05) is 11.6 Å². The van der Waals surface area contributed by atoms with Crippen LogP contribution in [0.1, 0.15) is 11.6 Å². The molecule has 0 radical (unpaired) electrons. The quantitative estimate of drug-likeness (QED) is 0.708. The summed E-state index contributed by atoms with van der Waals surface area (Å²) in [6, 6.07) is 0. The van der Waals surface area contributed by atoms with Gasteiger partial charge in [-0.05, 0) is 0 Å². The molecule has 0 atom stereocenters. The van der Waals surface area contributed by atoms with Crippen LogP contribution in [0.2, 0.25) is 0 Å². The van der Waals surface area contributed by atoms with Crippen LogP contribution in [0.4, 0.5) is 0 Å². The van der Waals surface area contributed by atoms with Gasteiger partial charge in [0.2, 0.25) is 0 Å². The number of hydrogen-bond donors (Lipinski definition) is 0. The Labute approximate surface area is 91.9 Å². The Kier molecular flexibility index (Phi) is 2.96. The summed E-state index contributed by atoms with van der Waals surface area (Å²) >= 11 is 5.70. The number of alkyl halides is 1. The molecule has 6 nitrogen and oxygen atoms in total. The van der Waals surface area contributed by atoms with Crippen LogP contribution in [0, 0.1) is 0 Å². The molecule has 7 heteroatoms. The summed E-state index contributed by atoms with van der Waals surface area (Å²) < 4.78 is 3.59.